The summed E-state index contributed by atoms with van der Waals surface area (Å²) in [6, 6.07) is 3.79. The molecule has 0 aromatic carbocycles. The van der Waals surface area contributed by atoms with Crippen LogP contribution in [0.15, 0.2) is 12.1 Å². The van der Waals surface area contributed by atoms with Gasteiger partial charge in [-0.25, -0.2) is 14.8 Å². The lowest BCUT2D eigenvalue weighted by molar-refractivity contribution is 0.472. The molecule has 0 fully saturated rings. The zero-order valence-electron chi connectivity index (χ0n) is 9.85. The second-order valence-electron chi connectivity index (χ2n) is 3.98. The van der Waals surface area contributed by atoms with Crippen molar-refractivity contribution in [1.29, 1.82) is 0 Å². The first-order valence-electron chi connectivity index (χ1n) is 5.50. The van der Waals surface area contributed by atoms with Crippen molar-refractivity contribution in [2.24, 2.45) is 5.73 Å². The Kier molecular flexibility index (Phi) is 4.81. The topological polar surface area (TPSA) is 79.4 Å². The molecular formula is C11H20N2O2P+. The van der Waals surface area contributed by atoms with Crippen molar-refractivity contribution in [3.05, 3.63) is 23.4 Å². The summed E-state index contributed by atoms with van der Waals surface area (Å²) in [5.74, 6) is 0. The first-order chi connectivity index (χ1) is 7.47. The van der Waals surface area contributed by atoms with Crippen LogP contribution in [0, 0.1) is 0 Å². The van der Waals surface area contributed by atoms with E-state index < -0.39 is 7.72 Å². The van der Waals surface area contributed by atoms with E-state index in [9.17, 15) is 9.79 Å². The number of hydrogen-bond acceptors (Lipinski definition) is 4. The SMILES string of the molecule is CCc1cc(CCCN)cc([P+](C)(O)O)n1. The normalized spacial score (nSPS) is 11.8. The van der Waals surface area contributed by atoms with Crippen LogP contribution in [0.2, 0.25) is 0 Å². The molecule has 0 aliphatic carbocycles. The third-order valence-electron chi connectivity index (χ3n) is 2.39. The van der Waals surface area contributed by atoms with Crippen LogP contribution in [0.1, 0.15) is 24.6 Å². The Morgan fingerprint density at radius 3 is 2.56 bits per heavy atom. The van der Waals surface area contributed by atoms with Gasteiger partial charge in [-0.05, 0) is 37.4 Å². The number of aromatic nitrogens is 1. The monoisotopic (exact) mass is 243 g/mol. The minimum atomic E-state index is -3.01. The number of nitrogens with two attached hydrogens (primary N) is 1. The van der Waals surface area contributed by atoms with Gasteiger partial charge < -0.3 is 5.73 Å². The molecule has 4 nitrogen and oxygen atoms in total. The van der Waals surface area contributed by atoms with Gasteiger partial charge in [-0.3, -0.25) is 0 Å². The maximum absolute atomic E-state index is 9.64. The van der Waals surface area contributed by atoms with E-state index in [0.717, 1.165) is 30.5 Å². The highest BCUT2D eigenvalue weighted by atomic mass is 31.2. The number of nitrogens with zero attached hydrogens (tertiary/aromatic N) is 1. The Labute approximate surface area is 97.0 Å². The van der Waals surface area contributed by atoms with Gasteiger partial charge in [0.15, 0.2) is 0 Å². The van der Waals surface area contributed by atoms with Crippen LogP contribution >= 0.6 is 7.72 Å². The highest BCUT2D eigenvalue weighted by Crippen LogP contribution is 2.42. The molecule has 0 unspecified atom stereocenters. The lowest BCUT2D eigenvalue weighted by Gasteiger charge is -2.09. The number of rotatable bonds is 5. The number of hydrogen-bond donors (Lipinski definition) is 3. The molecule has 16 heavy (non-hydrogen) atoms. The molecule has 0 aliphatic rings. The van der Waals surface area contributed by atoms with Gasteiger partial charge in [0.1, 0.15) is 6.66 Å². The van der Waals surface area contributed by atoms with Crippen LogP contribution < -0.4 is 11.2 Å². The van der Waals surface area contributed by atoms with Crippen molar-refractivity contribution in [2.45, 2.75) is 26.2 Å². The maximum Gasteiger partial charge on any atom is 0.315 e. The Morgan fingerprint density at radius 1 is 1.38 bits per heavy atom. The van der Waals surface area contributed by atoms with E-state index in [1.54, 1.807) is 6.07 Å². The zero-order chi connectivity index (χ0) is 12.2. The fraction of sp³-hybridized carbons (Fsp3) is 0.545. The fourth-order valence-electron chi connectivity index (χ4n) is 1.48. The largest absolute Gasteiger partial charge is 0.330 e. The van der Waals surface area contributed by atoms with Gasteiger partial charge in [0, 0.05) is 11.8 Å². The molecule has 0 amide bonds. The van der Waals surface area contributed by atoms with Crippen molar-refractivity contribution >= 4 is 13.2 Å². The molecule has 0 saturated heterocycles. The molecule has 0 bridgehead atoms. The van der Waals surface area contributed by atoms with Gasteiger partial charge in [-0.2, -0.15) is 0 Å². The van der Waals surface area contributed by atoms with Gasteiger partial charge in [-0.15, -0.1) is 0 Å². The molecule has 1 rings (SSSR count). The molecule has 5 heteroatoms. The van der Waals surface area contributed by atoms with Gasteiger partial charge in [-0.1, -0.05) is 6.92 Å². The number of pyridine rings is 1. The molecule has 1 aromatic heterocycles. The van der Waals surface area contributed by atoms with Crippen molar-refractivity contribution in [2.75, 3.05) is 13.2 Å². The first-order valence-corrected chi connectivity index (χ1v) is 7.64. The van der Waals surface area contributed by atoms with Gasteiger partial charge in [0.05, 0.1) is 0 Å². The highest BCUT2D eigenvalue weighted by Gasteiger charge is 2.31. The lowest BCUT2D eigenvalue weighted by Crippen LogP contribution is -2.16. The first kappa shape index (κ1) is 13.5. The molecule has 0 aliphatic heterocycles. The van der Waals surface area contributed by atoms with Crippen molar-refractivity contribution < 1.29 is 9.79 Å². The van der Waals surface area contributed by atoms with E-state index in [1.807, 2.05) is 13.0 Å². The Balaban J connectivity index is 3.01. The van der Waals surface area contributed by atoms with Crippen molar-refractivity contribution in [3.8, 4) is 0 Å². The Morgan fingerprint density at radius 2 is 2.06 bits per heavy atom. The van der Waals surface area contributed by atoms with Crippen LogP contribution in [0.5, 0.6) is 0 Å². The van der Waals surface area contributed by atoms with E-state index in [0.29, 0.717) is 12.0 Å². The average molecular weight is 243 g/mol. The molecule has 0 atom stereocenters. The van der Waals surface area contributed by atoms with E-state index in [4.69, 9.17) is 5.73 Å². The third-order valence-corrected chi connectivity index (χ3v) is 3.49. The predicted octanol–water partition coefficient (Wildman–Crippen LogP) is 0.623. The van der Waals surface area contributed by atoms with E-state index >= 15 is 0 Å². The number of aryl methyl sites for hydroxylation is 2. The predicted molar refractivity (Wildman–Crippen MR) is 67.9 cm³/mol. The molecule has 90 valence electrons. The van der Waals surface area contributed by atoms with Crippen molar-refractivity contribution in [3.63, 3.8) is 0 Å². The molecule has 0 saturated carbocycles. The quantitative estimate of drug-likeness (QED) is 0.662. The molecule has 0 spiro atoms. The van der Waals surface area contributed by atoms with Crippen LogP contribution in [0.4, 0.5) is 0 Å². The van der Waals surface area contributed by atoms with E-state index in [-0.39, 0.29) is 0 Å². The Bertz CT molecular complexity index is 350. The highest BCUT2D eigenvalue weighted by molar-refractivity contribution is 7.71. The summed E-state index contributed by atoms with van der Waals surface area (Å²) in [4.78, 5) is 23.5. The lowest BCUT2D eigenvalue weighted by atomic mass is 10.1. The van der Waals surface area contributed by atoms with Gasteiger partial charge in [0.25, 0.3) is 0 Å². The minimum Gasteiger partial charge on any atom is -0.330 e. The summed E-state index contributed by atoms with van der Waals surface area (Å²) < 4.78 is 0. The molecule has 1 aromatic rings. The molecule has 1 heterocycles. The summed E-state index contributed by atoms with van der Waals surface area (Å²) in [5.41, 5.74) is 7.87. The van der Waals surface area contributed by atoms with Gasteiger partial charge >= 0.3 is 7.72 Å². The zero-order valence-corrected chi connectivity index (χ0v) is 10.7. The average Bonchev–Trinajstić information content (AvgIpc) is 2.24. The smallest absolute Gasteiger partial charge is 0.315 e. The van der Waals surface area contributed by atoms with Gasteiger partial charge in [0.2, 0.25) is 5.44 Å². The van der Waals surface area contributed by atoms with Crippen molar-refractivity contribution in [1.82, 2.24) is 4.98 Å². The second kappa shape index (κ2) is 5.69. The molecule has 0 radical (unpaired) electrons. The third kappa shape index (κ3) is 3.80. The van der Waals surface area contributed by atoms with Crippen LogP contribution in [0.25, 0.3) is 0 Å². The van der Waals surface area contributed by atoms with E-state index in [2.05, 4.69) is 4.98 Å². The summed E-state index contributed by atoms with van der Waals surface area (Å²) in [5, 5.41) is 0. The summed E-state index contributed by atoms with van der Waals surface area (Å²) in [6.07, 6.45) is 2.56. The second-order valence-corrected chi connectivity index (χ2v) is 6.27. The standard InChI is InChI=1S/C11H20N2O2P/c1-3-10-7-9(5-4-6-12)8-11(13-10)16(2,14)15/h7-8,14-15H,3-6,12H2,1-2H3/q+1. The van der Waals surface area contributed by atoms with Crippen LogP contribution in [-0.2, 0) is 12.8 Å². The van der Waals surface area contributed by atoms with Crippen LogP contribution in [-0.4, -0.2) is 28.0 Å². The van der Waals surface area contributed by atoms with E-state index in [1.165, 1.54) is 6.66 Å². The fourth-order valence-corrected chi connectivity index (χ4v) is 2.21. The summed E-state index contributed by atoms with van der Waals surface area (Å²) in [7, 11) is -3.01. The summed E-state index contributed by atoms with van der Waals surface area (Å²) >= 11 is 0. The Hall–Kier alpha value is -0.540. The molecular weight excluding hydrogens is 223 g/mol. The maximum atomic E-state index is 9.64. The minimum absolute atomic E-state index is 0.416. The summed E-state index contributed by atoms with van der Waals surface area (Å²) in [6.45, 7) is 4.08. The van der Waals surface area contributed by atoms with Crippen LogP contribution in [0.3, 0.4) is 0 Å². The molecule has 4 N–H and O–H groups in total.